The van der Waals surface area contributed by atoms with E-state index in [1.54, 1.807) is 17.8 Å². The fourth-order valence-corrected chi connectivity index (χ4v) is 2.51. The van der Waals surface area contributed by atoms with E-state index in [0.29, 0.717) is 35.6 Å². The first-order valence-corrected chi connectivity index (χ1v) is 7.14. The third-order valence-electron chi connectivity index (χ3n) is 3.52. The molecule has 4 N–H and O–H groups in total. The average Bonchev–Trinajstić information content (AvgIpc) is 3.10. The molecule has 0 bridgehead atoms. The highest BCUT2D eigenvalue weighted by Gasteiger charge is 2.33. The maximum Gasteiger partial charge on any atom is 0.267 e. The molecule has 10 nitrogen and oxygen atoms in total. The van der Waals surface area contributed by atoms with Crippen LogP contribution < -0.4 is 16.6 Å². The van der Waals surface area contributed by atoms with Gasteiger partial charge in [-0.2, -0.15) is 0 Å². The Morgan fingerprint density at radius 1 is 1.35 bits per heavy atom. The van der Waals surface area contributed by atoms with Crippen molar-refractivity contribution in [3.63, 3.8) is 0 Å². The van der Waals surface area contributed by atoms with Crippen LogP contribution in [0, 0.1) is 6.92 Å². The molecule has 23 heavy (non-hydrogen) atoms. The van der Waals surface area contributed by atoms with Crippen molar-refractivity contribution < 1.29 is 14.3 Å². The van der Waals surface area contributed by atoms with Crippen molar-refractivity contribution in [1.29, 1.82) is 0 Å². The zero-order valence-corrected chi connectivity index (χ0v) is 12.7. The van der Waals surface area contributed by atoms with Crippen LogP contribution in [0.3, 0.4) is 0 Å². The third-order valence-corrected chi connectivity index (χ3v) is 3.52. The fraction of sp³-hybridized carbons (Fsp3) is 0.462. The zero-order valence-electron chi connectivity index (χ0n) is 12.7. The number of carbonyl (C=O) groups is 2. The Balaban J connectivity index is 1.77. The van der Waals surface area contributed by atoms with Gasteiger partial charge in [0.15, 0.2) is 11.5 Å². The van der Waals surface area contributed by atoms with Gasteiger partial charge in [0.25, 0.3) is 5.91 Å². The molecular formula is C13H17N7O3. The van der Waals surface area contributed by atoms with E-state index in [9.17, 15) is 9.59 Å². The molecule has 3 rings (SSSR count). The number of imidazole rings is 1. The zero-order chi connectivity index (χ0) is 16.6. The minimum atomic E-state index is -0.649. The van der Waals surface area contributed by atoms with Gasteiger partial charge in [-0.1, -0.05) is 0 Å². The lowest BCUT2D eigenvalue weighted by Crippen LogP contribution is -2.45. The quantitative estimate of drug-likeness (QED) is 0.638. The van der Waals surface area contributed by atoms with E-state index in [2.05, 4.69) is 25.8 Å². The van der Waals surface area contributed by atoms with Crippen molar-refractivity contribution >= 4 is 28.8 Å². The van der Waals surface area contributed by atoms with Crippen molar-refractivity contribution in [2.45, 2.75) is 39.0 Å². The summed E-state index contributed by atoms with van der Waals surface area (Å²) in [5.41, 5.74) is 11.5. The van der Waals surface area contributed by atoms with Crippen LogP contribution in [0.2, 0.25) is 0 Å². The monoisotopic (exact) mass is 319 g/mol. The maximum absolute atomic E-state index is 11.9. The minimum Gasteiger partial charge on any atom is -0.382 e. The van der Waals surface area contributed by atoms with Crippen LogP contribution in [0.5, 0.6) is 0 Å². The molecule has 3 heterocycles. The summed E-state index contributed by atoms with van der Waals surface area (Å²) in [4.78, 5) is 35.4. The molecule has 2 atom stereocenters. The molecule has 10 heteroatoms. The summed E-state index contributed by atoms with van der Waals surface area (Å²) in [5.74, 6) is 0.104. The number of ether oxygens (including phenoxy) is 1. The molecule has 1 aliphatic heterocycles. The van der Waals surface area contributed by atoms with Gasteiger partial charge in [0.1, 0.15) is 23.7 Å². The molecule has 0 unspecified atom stereocenters. The van der Waals surface area contributed by atoms with Crippen molar-refractivity contribution in [3.05, 3.63) is 12.2 Å². The molecule has 2 aromatic rings. The summed E-state index contributed by atoms with van der Waals surface area (Å²) in [5, 5.41) is 0. The number of hydrogen-bond donors (Lipinski definition) is 3. The lowest BCUT2D eigenvalue weighted by atomic mass is 10.2. The highest BCUT2D eigenvalue weighted by atomic mass is 16.5. The third kappa shape index (κ3) is 2.93. The lowest BCUT2D eigenvalue weighted by molar-refractivity contribution is -0.137. The first-order valence-electron chi connectivity index (χ1n) is 7.14. The molecule has 1 saturated heterocycles. The highest BCUT2D eigenvalue weighted by Crippen LogP contribution is 2.31. The smallest absolute Gasteiger partial charge is 0.267 e. The van der Waals surface area contributed by atoms with Gasteiger partial charge < -0.3 is 10.5 Å². The van der Waals surface area contributed by atoms with Gasteiger partial charge in [-0.3, -0.25) is 25.0 Å². The summed E-state index contributed by atoms with van der Waals surface area (Å²) in [6, 6.07) is 0. The average molecular weight is 319 g/mol. The van der Waals surface area contributed by atoms with Gasteiger partial charge in [-0.15, -0.1) is 0 Å². The number of carbonyl (C=O) groups excluding carboxylic acids is 2. The number of nitrogens with zero attached hydrogens (tertiary/aromatic N) is 4. The van der Waals surface area contributed by atoms with E-state index in [1.807, 2.05) is 0 Å². The van der Waals surface area contributed by atoms with Crippen LogP contribution in [0.15, 0.2) is 6.33 Å². The second-order valence-corrected chi connectivity index (χ2v) is 5.31. The fourth-order valence-electron chi connectivity index (χ4n) is 2.51. The van der Waals surface area contributed by atoms with E-state index < -0.39 is 12.0 Å². The Hall–Kier alpha value is -2.75. The van der Waals surface area contributed by atoms with Crippen LogP contribution in [-0.2, 0) is 14.3 Å². The predicted octanol–water partition coefficient (Wildman–Crippen LogP) is -0.438. The molecule has 0 aromatic carbocycles. The van der Waals surface area contributed by atoms with Gasteiger partial charge in [0.05, 0.1) is 6.33 Å². The number of amides is 2. The van der Waals surface area contributed by atoms with Crippen LogP contribution in [0.1, 0.15) is 31.8 Å². The molecule has 0 saturated carbocycles. The normalized spacial score (nSPS) is 20.6. The van der Waals surface area contributed by atoms with Crippen LogP contribution in [0.4, 0.5) is 5.82 Å². The number of anilines is 1. The molecule has 2 amide bonds. The summed E-state index contributed by atoms with van der Waals surface area (Å²) in [6.07, 6.45) is 1.70. The van der Waals surface area contributed by atoms with Crippen LogP contribution in [0.25, 0.3) is 11.2 Å². The largest absolute Gasteiger partial charge is 0.382 e. The van der Waals surface area contributed by atoms with Gasteiger partial charge >= 0.3 is 0 Å². The van der Waals surface area contributed by atoms with Crippen LogP contribution >= 0.6 is 0 Å². The number of nitrogens with one attached hydrogen (secondary N) is 2. The number of fused-ring (bicyclic) bond motifs is 1. The molecule has 2 aromatic heterocycles. The first kappa shape index (κ1) is 15.2. The van der Waals surface area contributed by atoms with E-state index in [4.69, 9.17) is 10.5 Å². The van der Waals surface area contributed by atoms with E-state index in [0.717, 1.165) is 0 Å². The summed E-state index contributed by atoms with van der Waals surface area (Å²) in [7, 11) is 0. The number of aryl methyl sites for hydroxylation is 1. The second kappa shape index (κ2) is 5.80. The number of rotatable bonds is 2. The molecular weight excluding hydrogens is 302 g/mol. The highest BCUT2D eigenvalue weighted by molar-refractivity contribution is 5.84. The SMILES string of the molecule is CC(=O)NNC(=O)[C@@H]1CC[C@H](n2cnc3c(N)nc(C)nc32)O1. The standard InChI is InChI=1S/C13H17N7O3/c1-6-16-11(14)10-12(17-6)20(5-15-10)9-4-3-8(23-9)13(22)19-18-7(2)21/h5,8-9H,3-4H2,1-2H3,(H,18,21)(H,19,22)(H2,14,16,17)/t8-,9+/m0/s1. The van der Waals surface area contributed by atoms with Gasteiger partial charge in [0, 0.05) is 6.92 Å². The number of hydrogen-bond acceptors (Lipinski definition) is 7. The van der Waals surface area contributed by atoms with Gasteiger partial charge in [-0.25, -0.2) is 15.0 Å². The summed E-state index contributed by atoms with van der Waals surface area (Å²) >= 11 is 0. The van der Waals surface area contributed by atoms with Crippen molar-refractivity contribution in [2.24, 2.45) is 0 Å². The summed E-state index contributed by atoms with van der Waals surface area (Å²) in [6.45, 7) is 3.05. The number of aromatic nitrogens is 4. The molecule has 122 valence electrons. The minimum absolute atomic E-state index is 0.309. The molecule has 0 radical (unpaired) electrons. The van der Waals surface area contributed by atoms with Crippen molar-refractivity contribution in [2.75, 3.05) is 5.73 Å². The Bertz CT molecular complexity index is 772. The molecule has 1 fully saturated rings. The molecule has 0 aliphatic carbocycles. The Kier molecular flexibility index (Phi) is 3.82. The number of hydrazine groups is 1. The Labute approximate surface area is 131 Å². The Morgan fingerprint density at radius 3 is 2.87 bits per heavy atom. The number of nitrogen functional groups attached to an aromatic ring is 1. The van der Waals surface area contributed by atoms with Crippen molar-refractivity contribution in [3.8, 4) is 0 Å². The molecule has 0 spiro atoms. The first-order chi connectivity index (χ1) is 11.0. The predicted molar refractivity (Wildman–Crippen MR) is 79.6 cm³/mol. The molecule has 1 aliphatic rings. The van der Waals surface area contributed by atoms with E-state index in [1.165, 1.54) is 6.92 Å². The van der Waals surface area contributed by atoms with Gasteiger partial charge in [-0.05, 0) is 19.8 Å². The summed E-state index contributed by atoms with van der Waals surface area (Å²) < 4.78 is 7.49. The topological polar surface area (TPSA) is 137 Å². The number of nitrogens with two attached hydrogens (primary N) is 1. The second-order valence-electron chi connectivity index (χ2n) is 5.31. The Morgan fingerprint density at radius 2 is 2.13 bits per heavy atom. The van der Waals surface area contributed by atoms with E-state index in [-0.39, 0.29) is 12.1 Å². The van der Waals surface area contributed by atoms with Gasteiger partial charge in [0.2, 0.25) is 5.91 Å². The van der Waals surface area contributed by atoms with Crippen LogP contribution in [-0.4, -0.2) is 37.4 Å². The maximum atomic E-state index is 11.9. The lowest BCUT2D eigenvalue weighted by Gasteiger charge is -2.15. The van der Waals surface area contributed by atoms with Crippen molar-refractivity contribution in [1.82, 2.24) is 30.4 Å². The van der Waals surface area contributed by atoms with E-state index >= 15 is 0 Å².